The third-order valence-electron chi connectivity index (χ3n) is 4.44. The average Bonchev–Trinajstić information content (AvgIpc) is 2.77. The van der Waals surface area contributed by atoms with Gasteiger partial charge in [-0.15, -0.1) is 0 Å². The van der Waals surface area contributed by atoms with E-state index in [9.17, 15) is 9.59 Å². The smallest absolute Gasteiger partial charge is 0.271 e. The van der Waals surface area contributed by atoms with E-state index in [1.807, 2.05) is 61.5 Å². The number of nitrogens with zero attached hydrogens (tertiary/aromatic N) is 2. The molecule has 0 aliphatic rings. The fourth-order valence-electron chi connectivity index (χ4n) is 2.90. The highest BCUT2D eigenvalue weighted by Crippen LogP contribution is 2.29. The first-order valence-electron chi connectivity index (χ1n) is 9.82. The fraction of sp³-hybridized carbons (Fsp3) is 0.261. The van der Waals surface area contributed by atoms with Crippen LogP contribution in [-0.2, 0) is 6.54 Å². The number of aryl methyl sites for hydroxylation is 1. The van der Waals surface area contributed by atoms with Crippen molar-refractivity contribution in [1.82, 2.24) is 15.1 Å². The van der Waals surface area contributed by atoms with Crippen LogP contribution in [0.5, 0.6) is 5.75 Å². The van der Waals surface area contributed by atoms with Gasteiger partial charge in [0.25, 0.3) is 11.5 Å². The van der Waals surface area contributed by atoms with Gasteiger partial charge < -0.3 is 10.1 Å². The Morgan fingerprint density at radius 1 is 1.03 bits per heavy atom. The Morgan fingerprint density at radius 2 is 1.79 bits per heavy atom. The van der Waals surface area contributed by atoms with E-state index in [2.05, 4.69) is 10.4 Å². The number of para-hydroxylation sites is 1. The molecule has 0 saturated carbocycles. The maximum Gasteiger partial charge on any atom is 0.271 e. The van der Waals surface area contributed by atoms with Crippen molar-refractivity contribution >= 4 is 5.91 Å². The number of hydrogen-bond acceptors (Lipinski definition) is 4. The van der Waals surface area contributed by atoms with Gasteiger partial charge in [-0.05, 0) is 24.1 Å². The molecule has 6 nitrogen and oxygen atoms in total. The minimum absolute atomic E-state index is 0.198. The maximum absolute atomic E-state index is 12.3. The predicted molar refractivity (Wildman–Crippen MR) is 113 cm³/mol. The summed E-state index contributed by atoms with van der Waals surface area (Å²) in [7, 11) is 0. The highest BCUT2D eigenvalue weighted by molar-refractivity contribution is 5.91. The van der Waals surface area contributed by atoms with Crippen LogP contribution in [-0.4, -0.2) is 28.8 Å². The number of rotatable bonds is 9. The maximum atomic E-state index is 12.3. The summed E-state index contributed by atoms with van der Waals surface area (Å²) >= 11 is 0. The molecule has 3 rings (SSSR count). The van der Waals surface area contributed by atoms with Gasteiger partial charge in [0.2, 0.25) is 0 Å². The highest BCUT2D eigenvalue weighted by atomic mass is 16.5. The third kappa shape index (κ3) is 5.54. The lowest BCUT2D eigenvalue weighted by Crippen LogP contribution is -2.32. The van der Waals surface area contributed by atoms with Gasteiger partial charge in [0.1, 0.15) is 18.1 Å². The molecule has 0 aliphatic heterocycles. The number of benzene rings is 2. The van der Waals surface area contributed by atoms with Crippen molar-refractivity contribution < 1.29 is 9.53 Å². The summed E-state index contributed by atoms with van der Waals surface area (Å²) in [5, 5.41) is 6.94. The number of hydrogen-bond donors (Lipinski definition) is 1. The van der Waals surface area contributed by atoms with Crippen LogP contribution >= 0.6 is 0 Å². The lowest BCUT2D eigenvalue weighted by molar-refractivity contribution is 0.0939. The van der Waals surface area contributed by atoms with E-state index < -0.39 is 0 Å². The molecule has 29 heavy (non-hydrogen) atoms. The normalized spacial score (nSPS) is 10.5. The van der Waals surface area contributed by atoms with E-state index in [4.69, 9.17) is 4.74 Å². The van der Waals surface area contributed by atoms with Crippen molar-refractivity contribution in [1.29, 1.82) is 0 Å². The van der Waals surface area contributed by atoms with E-state index in [0.717, 1.165) is 29.7 Å². The molecule has 1 aromatic heterocycles. The van der Waals surface area contributed by atoms with Crippen molar-refractivity contribution in [3.05, 3.63) is 82.8 Å². The molecule has 1 N–H and O–H groups in total. The molecule has 0 aliphatic carbocycles. The van der Waals surface area contributed by atoms with E-state index in [0.29, 0.717) is 19.7 Å². The van der Waals surface area contributed by atoms with Gasteiger partial charge in [0, 0.05) is 18.2 Å². The first-order chi connectivity index (χ1) is 14.2. The molecule has 0 atom stereocenters. The molecular formula is C23H25N3O3. The zero-order valence-corrected chi connectivity index (χ0v) is 16.5. The van der Waals surface area contributed by atoms with Gasteiger partial charge in [0.05, 0.1) is 6.54 Å². The van der Waals surface area contributed by atoms with Crippen molar-refractivity contribution in [2.24, 2.45) is 0 Å². The number of carbonyl (C=O) groups is 1. The number of aromatic nitrogens is 2. The number of nitrogens with one attached hydrogen (secondary N) is 1. The van der Waals surface area contributed by atoms with Crippen LogP contribution in [0.2, 0.25) is 0 Å². The molecule has 6 heteroatoms. The molecule has 0 saturated heterocycles. The van der Waals surface area contributed by atoms with Crippen molar-refractivity contribution in [2.75, 3.05) is 13.2 Å². The Labute approximate surface area is 170 Å². The molecule has 3 aromatic rings. The van der Waals surface area contributed by atoms with Crippen molar-refractivity contribution in [3.63, 3.8) is 0 Å². The van der Waals surface area contributed by atoms with E-state index in [-0.39, 0.29) is 17.2 Å². The number of amides is 1. The second-order valence-corrected chi connectivity index (χ2v) is 6.60. The Kier molecular flexibility index (Phi) is 7.16. The summed E-state index contributed by atoms with van der Waals surface area (Å²) < 4.78 is 7.22. The van der Waals surface area contributed by atoms with Gasteiger partial charge in [-0.1, -0.05) is 61.9 Å². The van der Waals surface area contributed by atoms with Crippen LogP contribution in [0.15, 0.2) is 71.5 Å². The lowest BCUT2D eigenvalue weighted by Gasteiger charge is -2.12. The summed E-state index contributed by atoms with van der Waals surface area (Å²) in [5.74, 6) is 0.439. The van der Waals surface area contributed by atoms with Gasteiger partial charge in [0.15, 0.2) is 0 Å². The average molecular weight is 391 g/mol. The quantitative estimate of drug-likeness (QED) is 0.567. The van der Waals surface area contributed by atoms with Gasteiger partial charge >= 0.3 is 0 Å². The molecule has 0 radical (unpaired) electrons. The minimum Gasteiger partial charge on any atom is -0.491 e. The third-order valence-corrected chi connectivity index (χ3v) is 4.44. The van der Waals surface area contributed by atoms with E-state index >= 15 is 0 Å². The molecule has 0 bridgehead atoms. The number of unbranched alkanes of at least 4 members (excludes halogenated alkanes) is 1. The predicted octanol–water partition coefficient (Wildman–Crippen LogP) is 3.52. The molecular weight excluding hydrogens is 366 g/mol. The number of carbonyl (C=O) groups excluding carboxylic acids is 1. The van der Waals surface area contributed by atoms with Crippen LogP contribution in [0.25, 0.3) is 11.1 Å². The van der Waals surface area contributed by atoms with E-state index in [1.54, 1.807) is 0 Å². The molecule has 1 amide bonds. The van der Waals surface area contributed by atoms with Gasteiger partial charge in [-0.2, -0.15) is 5.10 Å². The standard InChI is InChI=1S/C23H25N3O3/c1-2-3-16-26-22(27)14-13-20(25-26)23(28)24-15-17-29-21-12-8-7-11-19(21)18-9-5-4-6-10-18/h4-14H,2-3,15-17H2,1H3,(H,24,28). The fourth-order valence-corrected chi connectivity index (χ4v) is 2.90. The first kappa shape index (κ1) is 20.3. The van der Waals surface area contributed by atoms with Crippen LogP contribution in [0.3, 0.4) is 0 Å². The molecule has 0 fully saturated rings. The van der Waals surface area contributed by atoms with Crippen LogP contribution in [0.1, 0.15) is 30.3 Å². The molecule has 0 spiro atoms. The van der Waals surface area contributed by atoms with Gasteiger partial charge in [-0.3, -0.25) is 9.59 Å². The summed E-state index contributed by atoms with van der Waals surface area (Å²) in [5.41, 5.74) is 2.11. The summed E-state index contributed by atoms with van der Waals surface area (Å²) in [6, 6.07) is 20.6. The molecule has 150 valence electrons. The molecule has 0 unspecified atom stereocenters. The summed E-state index contributed by atoms with van der Waals surface area (Å²) in [4.78, 5) is 24.2. The topological polar surface area (TPSA) is 73.2 Å². The SMILES string of the molecule is CCCCn1nc(C(=O)NCCOc2ccccc2-c2ccccc2)ccc1=O. The first-order valence-corrected chi connectivity index (χ1v) is 9.82. The summed E-state index contributed by atoms with van der Waals surface area (Å²) in [6.45, 7) is 3.20. The second-order valence-electron chi connectivity index (χ2n) is 6.60. The Hall–Kier alpha value is -3.41. The molecule has 1 heterocycles. The van der Waals surface area contributed by atoms with E-state index in [1.165, 1.54) is 16.8 Å². The second kappa shape index (κ2) is 10.2. The Balaban J connectivity index is 1.56. The monoisotopic (exact) mass is 391 g/mol. The Morgan fingerprint density at radius 3 is 2.59 bits per heavy atom. The Bertz CT molecular complexity index is 1000. The molecule has 2 aromatic carbocycles. The summed E-state index contributed by atoms with van der Waals surface area (Å²) in [6.07, 6.45) is 1.79. The lowest BCUT2D eigenvalue weighted by atomic mass is 10.1. The largest absolute Gasteiger partial charge is 0.491 e. The zero-order valence-electron chi connectivity index (χ0n) is 16.5. The van der Waals surface area contributed by atoms with Crippen molar-refractivity contribution in [3.8, 4) is 16.9 Å². The highest BCUT2D eigenvalue weighted by Gasteiger charge is 2.10. The van der Waals surface area contributed by atoms with Crippen LogP contribution in [0, 0.1) is 0 Å². The van der Waals surface area contributed by atoms with Gasteiger partial charge in [-0.25, -0.2) is 4.68 Å². The van der Waals surface area contributed by atoms with Crippen molar-refractivity contribution in [2.45, 2.75) is 26.3 Å². The van der Waals surface area contributed by atoms with Crippen LogP contribution in [0.4, 0.5) is 0 Å². The minimum atomic E-state index is -0.324. The van der Waals surface area contributed by atoms with Crippen LogP contribution < -0.4 is 15.6 Å². The zero-order chi connectivity index (χ0) is 20.5. The number of ether oxygens (including phenoxy) is 1.